The Balaban J connectivity index is 1.94. The van der Waals surface area contributed by atoms with Gasteiger partial charge < -0.3 is 20.7 Å². The quantitative estimate of drug-likeness (QED) is 0.536. The minimum atomic E-state index is -1.03. The zero-order valence-corrected chi connectivity index (χ0v) is 21.2. The van der Waals surface area contributed by atoms with E-state index in [1.165, 1.54) is 6.08 Å². The van der Waals surface area contributed by atoms with E-state index >= 15 is 0 Å². The Morgan fingerprint density at radius 1 is 1.00 bits per heavy atom. The Bertz CT molecular complexity index is 1090. The van der Waals surface area contributed by atoms with E-state index in [4.69, 9.17) is 4.74 Å². The molecule has 2 aliphatic heterocycles. The van der Waals surface area contributed by atoms with Crippen LogP contribution < -0.4 is 20.7 Å². The summed E-state index contributed by atoms with van der Waals surface area (Å²) >= 11 is 0. The molecule has 0 saturated heterocycles. The summed E-state index contributed by atoms with van der Waals surface area (Å²) < 4.78 is 6.24. The number of amides is 3. The maximum Gasteiger partial charge on any atom is 0.247 e. The highest BCUT2D eigenvalue weighted by Gasteiger charge is 2.36. The maximum atomic E-state index is 13.6. The fraction of sp³-hybridized carbons (Fsp3) is 0.345. The van der Waals surface area contributed by atoms with E-state index in [0.29, 0.717) is 12.2 Å². The molecule has 4 rings (SSSR count). The summed E-state index contributed by atoms with van der Waals surface area (Å²) in [5, 5.41) is 8.44. The summed E-state index contributed by atoms with van der Waals surface area (Å²) in [7, 11) is 0. The van der Waals surface area contributed by atoms with Gasteiger partial charge in [-0.1, -0.05) is 70.2 Å². The third kappa shape index (κ3) is 7.83. The number of nitrogens with one attached hydrogen (secondary N) is 3. The van der Waals surface area contributed by atoms with Gasteiger partial charge in [-0.25, -0.2) is 0 Å². The Labute approximate surface area is 213 Å². The first-order valence-electron chi connectivity index (χ1n) is 12.3. The number of carbonyl (C=O) groups is 3. The highest BCUT2D eigenvalue weighted by molar-refractivity contribution is 5.97. The molecule has 3 atom stereocenters. The molecule has 0 aromatic heterocycles. The number of hydrogen-bond acceptors (Lipinski definition) is 4. The summed E-state index contributed by atoms with van der Waals surface area (Å²) in [5.74, 6) is -0.611. The fourth-order valence-electron chi connectivity index (χ4n) is 3.92. The Morgan fingerprint density at radius 3 is 2.33 bits per heavy atom. The van der Waals surface area contributed by atoms with Crippen LogP contribution in [0.4, 0.5) is 0 Å². The van der Waals surface area contributed by atoms with Gasteiger partial charge in [-0.15, -0.1) is 0 Å². The molecule has 0 spiro atoms. The van der Waals surface area contributed by atoms with Crippen LogP contribution in [0.1, 0.15) is 45.2 Å². The lowest BCUT2D eigenvalue weighted by atomic mass is 9.96. The number of fused-ring (bicyclic) bond motifs is 10. The number of benzene rings is 2. The lowest BCUT2D eigenvalue weighted by Gasteiger charge is -2.32. The van der Waals surface area contributed by atoms with Crippen LogP contribution in [0.5, 0.6) is 5.75 Å². The molecule has 7 heteroatoms. The van der Waals surface area contributed by atoms with Crippen molar-refractivity contribution in [2.45, 2.75) is 52.3 Å². The van der Waals surface area contributed by atoms with Crippen LogP contribution in [-0.4, -0.2) is 35.9 Å². The van der Waals surface area contributed by atoms with Crippen molar-refractivity contribution < 1.29 is 19.1 Å². The lowest BCUT2D eigenvalue weighted by Crippen LogP contribution is -2.59. The average Bonchev–Trinajstić information content (AvgIpc) is 2.85. The van der Waals surface area contributed by atoms with Crippen molar-refractivity contribution in [3.63, 3.8) is 0 Å². The van der Waals surface area contributed by atoms with Gasteiger partial charge in [0.05, 0.1) is 0 Å². The van der Waals surface area contributed by atoms with E-state index in [9.17, 15) is 14.4 Å². The van der Waals surface area contributed by atoms with E-state index in [1.54, 1.807) is 30.5 Å². The molecule has 0 radical (unpaired) electrons. The molecule has 0 fully saturated rings. The van der Waals surface area contributed by atoms with Gasteiger partial charge in [-0.3, -0.25) is 14.4 Å². The monoisotopic (exact) mass is 489 g/mol. The Hall–Kier alpha value is -3.87. The molecule has 0 saturated carbocycles. The molecule has 3 N–H and O–H groups in total. The first kappa shape index (κ1) is 26.7. The minimum absolute atomic E-state index is 0.121. The van der Waals surface area contributed by atoms with Crippen LogP contribution in [0.2, 0.25) is 0 Å². The largest absolute Gasteiger partial charge is 0.487 e. The second kappa shape index (κ2) is 12.7. The van der Waals surface area contributed by atoms with E-state index in [-0.39, 0.29) is 17.7 Å². The van der Waals surface area contributed by atoms with Gasteiger partial charge in [0.25, 0.3) is 0 Å². The number of carbonyl (C=O) groups excluding carboxylic acids is 3. The zero-order chi connectivity index (χ0) is 26.1. The van der Waals surface area contributed by atoms with Crippen LogP contribution in [0, 0.1) is 11.8 Å². The van der Waals surface area contributed by atoms with Crippen LogP contribution in [0.15, 0.2) is 66.9 Å². The number of hydrogen-bond donors (Lipinski definition) is 3. The average molecular weight is 490 g/mol. The highest BCUT2D eigenvalue weighted by atomic mass is 16.5. The Kier molecular flexibility index (Phi) is 9.45. The summed E-state index contributed by atoms with van der Waals surface area (Å²) in [6.45, 7) is 7.82. The molecule has 7 nitrogen and oxygen atoms in total. The second-order valence-corrected chi connectivity index (χ2v) is 9.66. The molecule has 3 amide bonds. The fourth-order valence-corrected chi connectivity index (χ4v) is 3.92. The van der Waals surface area contributed by atoms with Crippen molar-refractivity contribution in [1.82, 2.24) is 16.0 Å². The molecule has 2 bridgehead atoms. The van der Waals surface area contributed by atoms with Gasteiger partial charge >= 0.3 is 0 Å². The molecular formula is C29H35N3O4. The third-order valence-electron chi connectivity index (χ3n) is 5.79. The highest BCUT2D eigenvalue weighted by Crippen LogP contribution is 2.21. The molecule has 2 heterocycles. The number of ether oxygens (including phenoxy) is 1. The van der Waals surface area contributed by atoms with Gasteiger partial charge in [-0.05, 0) is 53.7 Å². The van der Waals surface area contributed by atoms with Crippen molar-refractivity contribution >= 4 is 29.9 Å². The maximum absolute atomic E-state index is 13.6. The van der Waals surface area contributed by atoms with Crippen molar-refractivity contribution in [2.75, 3.05) is 0 Å². The van der Waals surface area contributed by atoms with E-state index in [2.05, 4.69) is 16.0 Å². The van der Waals surface area contributed by atoms with Crippen molar-refractivity contribution in [3.05, 3.63) is 78.0 Å². The normalized spacial score (nSPS) is 20.7. The van der Waals surface area contributed by atoms with Crippen LogP contribution in [-0.2, 0) is 14.4 Å². The molecule has 0 unspecified atom stereocenters. The summed E-state index contributed by atoms with van der Waals surface area (Å²) in [4.78, 5) is 39.4. The van der Waals surface area contributed by atoms with Crippen LogP contribution >= 0.6 is 0 Å². The van der Waals surface area contributed by atoms with Gasteiger partial charge in [0.1, 0.15) is 23.9 Å². The standard InChI is InChI=1S/C29H35N3O4/c1-19(2)18-24-28(34)30-17-16-22-10-13-23(14-11-22)36-27(20(3)4)26(29(35)31-24)32-25(33)15-12-21-8-6-5-7-9-21/h5-17,19-20,24,26-27H,18H2,1-4H3,(H,30,34)(H,31,35)(H,32,33)/t24-,26-,27+/m1/s1. The van der Waals surface area contributed by atoms with Crippen LogP contribution in [0.25, 0.3) is 12.2 Å². The van der Waals surface area contributed by atoms with Gasteiger partial charge in [-0.2, -0.15) is 0 Å². The first-order valence-corrected chi connectivity index (χ1v) is 12.3. The van der Waals surface area contributed by atoms with Crippen LogP contribution in [0.3, 0.4) is 0 Å². The van der Waals surface area contributed by atoms with E-state index in [1.807, 2.05) is 70.2 Å². The van der Waals surface area contributed by atoms with Gasteiger partial charge in [0, 0.05) is 12.3 Å². The third-order valence-corrected chi connectivity index (χ3v) is 5.79. The van der Waals surface area contributed by atoms with Crippen molar-refractivity contribution in [3.8, 4) is 5.75 Å². The summed E-state index contributed by atoms with van der Waals surface area (Å²) in [6.07, 6.45) is 6.19. The minimum Gasteiger partial charge on any atom is -0.487 e. The predicted molar refractivity (Wildman–Crippen MR) is 142 cm³/mol. The molecule has 0 aliphatic carbocycles. The molecule has 2 aromatic carbocycles. The van der Waals surface area contributed by atoms with Gasteiger partial charge in [0.2, 0.25) is 17.7 Å². The van der Waals surface area contributed by atoms with Crippen molar-refractivity contribution in [2.24, 2.45) is 11.8 Å². The summed E-state index contributed by atoms with van der Waals surface area (Å²) in [6, 6.07) is 15.0. The van der Waals surface area contributed by atoms with Crippen molar-refractivity contribution in [1.29, 1.82) is 0 Å². The topological polar surface area (TPSA) is 96.5 Å². The second-order valence-electron chi connectivity index (χ2n) is 9.66. The van der Waals surface area contributed by atoms with E-state index < -0.39 is 30.0 Å². The SMILES string of the molecule is CC(C)C[C@H]1NC(=O)[C@H](NC(=O)C=Cc2ccccc2)[C@H](C(C)C)Oc2ccc(cc2)C=CNC1=O. The molecular weight excluding hydrogens is 454 g/mol. The smallest absolute Gasteiger partial charge is 0.247 e. The predicted octanol–water partition coefficient (Wildman–Crippen LogP) is 3.92. The molecule has 36 heavy (non-hydrogen) atoms. The van der Waals surface area contributed by atoms with E-state index in [0.717, 1.165) is 11.1 Å². The molecule has 190 valence electrons. The lowest BCUT2D eigenvalue weighted by molar-refractivity contribution is -0.133. The molecule has 2 aromatic rings. The zero-order valence-electron chi connectivity index (χ0n) is 21.2. The number of rotatable bonds is 6. The summed E-state index contributed by atoms with van der Waals surface area (Å²) in [5.41, 5.74) is 1.75. The molecule has 2 aliphatic rings. The first-order chi connectivity index (χ1) is 17.2. The Morgan fingerprint density at radius 2 is 1.69 bits per heavy atom. The van der Waals surface area contributed by atoms with Gasteiger partial charge in [0.15, 0.2) is 0 Å².